The summed E-state index contributed by atoms with van der Waals surface area (Å²) in [6.45, 7) is 0. The van der Waals surface area contributed by atoms with E-state index in [1.54, 1.807) is 6.07 Å². The van der Waals surface area contributed by atoms with Crippen molar-refractivity contribution in [2.24, 2.45) is 0 Å². The molecule has 4 nitrogen and oxygen atoms in total. The van der Waals surface area contributed by atoms with Gasteiger partial charge in [0.25, 0.3) is 0 Å². The van der Waals surface area contributed by atoms with Gasteiger partial charge in [-0.05, 0) is 30.5 Å². The first-order valence-corrected chi connectivity index (χ1v) is 7.43. The number of carboxylic acids is 1. The number of halogens is 1. The monoisotopic (exact) mass is 297 g/mol. The SMILES string of the molecule is O=C(O)C(NC1CCCCCC1)c1ccc(O)c(Cl)c1. The van der Waals surface area contributed by atoms with E-state index in [0.717, 1.165) is 25.7 Å². The fourth-order valence-electron chi connectivity index (χ4n) is 2.69. The molecule has 0 aromatic heterocycles. The van der Waals surface area contributed by atoms with Crippen LogP contribution in [-0.4, -0.2) is 22.2 Å². The molecule has 1 aromatic carbocycles. The van der Waals surface area contributed by atoms with Crippen LogP contribution in [0.3, 0.4) is 0 Å². The van der Waals surface area contributed by atoms with Crippen molar-refractivity contribution in [1.29, 1.82) is 0 Å². The third-order valence-corrected chi connectivity index (χ3v) is 4.11. The molecule has 1 fully saturated rings. The van der Waals surface area contributed by atoms with Crippen molar-refractivity contribution in [2.45, 2.75) is 50.6 Å². The predicted octanol–water partition coefficient (Wildman–Crippen LogP) is 3.48. The molecule has 0 spiro atoms. The van der Waals surface area contributed by atoms with Crippen molar-refractivity contribution in [3.8, 4) is 5.75 Å². The van der Waals surface area contributed by atoms with Crippen molar-refractivity contribution in [3.05, 3.63) is 28.8 Å². The number of rotatable bonds is 4. The molecule has 1 aliphatic carbocycles. The van der Waals surface area contributed by atoms with E-state index in [9.17, 15) is 15.0 Å². The van der Waals surface area contributed by atoms with Crippen molar-refractivity contribution >= 4 is 17.6 Å². The van der Waals surface area contributed by atoms with Crippen LogP contribution in [0.25, 0.3) is 0 Å². The molecule has 0 heterocycles. The molecule has 1 aromatic rings. The summed E-state index contributed by atoms with van der Waals surface area (Å²) in [6.07, 6.45) is 6.74. The summed E-state index contributed by atoms with van der Waals surface area (Å²) in [5.74, 6) is -0.954. The third-order valence-electron chi connectivity index (χ3n) is 3.81. The summed E-state index contributed by atoms with van der Waals surface area (Å²) >= 11 is 5.86. The second-order valence-corrected chi connectivity index (χ2v) is 5.74. The predicted molar refractivity (Wildman–Crippen MR) is 78.1 cm³/mol. The van der Waals surface area contributed by atoms with E-state index in [-0.39, 0.29) is 16.8 Å². The molecule has 0 amide bonds. The number of hydrogen-bond acceptors (Lipinski definition) is 3. The zero-order valence-electron chi connectivity index (χ0n) is 11.3. The van der Waals surface area contributed by atoms with Crippen LogP contribution in [-0.2, 0) is 4.79 Å². The summed E-state index contributed by atoms with van der Waals surface area (Å²) in [5.41, 5.74) is 0.574. The lowest BCUT2D eigenvalue weighted by atomic mass is 10.0. The van der Waals surface area contributed by atoms with E-state index in [1.807, 2.05) is 0 Å². The zero-order valence-corrected chi connectivity index (χ0v) is 12.1. The quantitative estimate of drug-likeness (QED) is 0.744. The highest BCUT2D eigenvalue weighted by molar-refractivity contribution is 6.32. The van der Waals surface area contributed by atoms with Crippen molar-refractivity contribution < 1.29 is 15.0 Å². The van der Waals surface area contributed by atoms with Gasteiger partial charge in [0.15, 0.2) is 0 Å². The van der Waals surface area contributed by atoms with Gasteiger partial charge in [-0.25, -0.2) is 0 Å². The van der Waals surface area contributed by atoms with E-state index in [0.29, 0.717) is 5.56 Å². The van der Waals surface area contributed by atoms with E-state index in [1.165, 1.54) is 25.0 Å². The fraction of sp³-hybridized carbons (Fsp3) is 0.533. The molecule has 1 unspecified atom stereocenters. The molecule has 0 aliphatic heterocycles. The highest BCUT2D eigenvalue weighted by Crippen LogP contribution is 2.28. The van der Waals surface area contributed by atoms with Gasteiger partial charge >= 0.3 is 5.97 Å². The molecule has 20 heavy (non-hydrogen) atoms. The minimum atomic E-state index is -0.920. The van der Waals surface area contributed by atoms with Gasteiger partial charge in [0.1, 0.15) is 11.8 Å². The number of aliphatic carboxylic acids is 1. The van der Waals surface area contributed by atoms with Crippen molar-refractivity contribution in [3.63, 3.8) is 0 Å². The Labute approximate surface area is 123 Å². The first kappa shape index (κ1) is 15.1. The Kier molecular flexibility index (Phi) is 5.26. The molecule has 5 heteroatoms. The van der Waals surface area contributed by atoms with Crippen LogP contribution in [0.5, 0.6) is 5.75 Å². The molecule has 0 radical (unpaired) electrons. The van der Waals surface area contributed by atoms with E-state index in [2.05, 4.69) is 5.32 Å². The van der Waals surface area contributed by atoms with Gasteiger partial charge in [-0.1, -0.05) is 43.4 Å². The maximum absolute atomic E-state index is 11.5. The summed E-state index contributed by atoms with van der Waals surface area (Å²) in [7, 11) is 0. The number of hydrogen-bond donors (Lipinski definition) is 3. The number of carbonyl (C=O) groups is 1. The molecule has 1 aliphatic rings. The van der Waals surface area contributed by atoms with Crippen LogP contribution in [0.1, 0.15) is 50.1 Å². The maximum Gasteiger partial charge on any atom is 0.325 e. The molecule has 1 saturated carbocycles. The Bertz CT molecular complexity index is 470. The van der Waals surface area contributed by atoms with Crippen LogP contribution in [0, 0.1) is 0 Å². The van der Waals surface area contributed by atoms with Crippen LogP contribution < -0.4 is 5.32 Å². The molecule has 2 rings (SSSR count). The summed E-state index contributed by atoms with van der Waals surface area (Å²) in [5, 5.41) is 22.2. The van der Waals surface area contributed by atoms with E-state index >= 15 is 0 Å². The lowest BCUT2D eigenvalue weighted by Gasteiger charge is -2.22. The zero-order chi connectivity index (χ0) is 14.5. The lowest BCUT2D eigenvalue weighted by Crippen LogP contribution is -2.36. The largest absolute Gasteiger partial charge is 0.506 e. The summed E-state index contributed by atoms with van der Waals surface area (Å²) in [6, 6.07) is 3.99. The fourth-order valence-corrected chi connectivity index (χ4v) is 2.88. The molecular weight excluding hydrogens is 278 g/mol. The number of nitrogens with one attached hydrogen (secondary N) is 1. The third kappa shape index (κ3) is 3.87. The normalized spacial score (nSPS) is 18.4. The average Bonchev–Trinajstić information content (AvgIpc) is 2.67. The Morgan fingerprint density at radius 3 is 2.45 bits per heavy atom. The minimum absolute atomic E-state index is 0.0333. The molecular formula is C15H20ClNO3. The van der Waals surface area contributed by atoms with Gasteiger partial charge in [0, 0.05) is 6.04 Å². The van der Waals surface area contributed by atoms with Gasteiger partial charge in [0.2, 0.25) is 0 Å². The van der Waals surface area contributed by atoms with Crippen LogP contribution >= 0.6 is 11.6 Å². The van der Waals surface area contributed by atoms with Gasteiger partial charge in [-0.15, -0.1) is 0 Å². The van der Waals surface area contributed by atoms with Crippen molar-refractivity contribution in [1.82, 2.24) is 5.32 Å². The van der Waals surface area contributed by atoms with Gasteiger partial charge in [0.05, 0.1) is 5.02 Å². The first-order valence-electron chi connectivity index (χ1n) is 7.05. The number of phenolic OH excluding ortho intramolecular Hbond substituents is 1. The molecule has 3 N–H and O–H groups in total. The molecule has 110 valence electrons. The Morgan fingerprint density at radius 2 is 1.90 bits per heavy atom. The number of carboxylic acid groups (broad SMARTS) is 1. The van der Waals surface area contributed by atoms with Crippen LogP contribution in [0.15, 0.2) is 18.2 Å². The summed E-state index contributed by atoms with van der Waals surface area (Å²) < 4.78 is 0. The van der Waals surface area contributed by atoms with E-state index in [4.69, 9.17) is 11.6 Å². The molecule has 0 bridgehead atoms. The van der Waals surface area contributed by atoms with Crippen LogP contribution in [0.2, 0.25) is 5.02 Å². The van der Waals surface area contributed by atoms with Gasteiger partial charge in [-0.2, -0.15) is 0 Å². The van der Waals surface area contributed by atoms with Gasteiger partial charge in [-0.3, -0.25) is 10.1 Å². The Hall–Kier alpha value is -1.26. The number of phenols is 1. The number of aromatic hydroxyl groups is 1. The number of benzene rings is 1. The molecule has 1 atom stereocenters. The lowest BCUT2D eigenvalue weighted by molar-refractivity contribution is -0.140. The minimum Gasteiger partial charge on any atom is -0.506 e. The van der Waals surface area contributed by atoms with Crippen LogP contribution in [0.4, 0.5) is 0 Å². The standard InChI is InChI=1S/C15H20ClNO3/c16-12-9-10(7-8-13(12)18)14(15(19)20)17-11-5-3-1-2-4-6-11/h7-9,11,14,17-18H,1-6H2,(H,19,20). The van der Waals surface area contributed by atoms with Crippen molar-refractivity contribution in [2.75, 3.05) is 0 Å². The Morgan fingerprint density at radius 1 is 1.25 bits per heavy atom. The average molecular weight is 298 g/mol. The highest BCUT2D eigenvalue weighted by atomic mass is 35.5. The highest BCUT2D eigenvalue weighted by Gasteiger charge is 2.24. The first-order chi connectivity index (χ1) is 9.58. The second kappa shape index (κ2) is 6.95. The maximum atomic E-state index is 11.5. The Balaban J connectivity index is 2.13. The summed E-state index contributed by atoms with van der Waals surface area (Å²) in [4.78, 5) is 11.5. The second-order valence-electron chi connectivity index (χ2n) is 5.34. The smallest absolute Gasteiger partial charge is 0.325 e. The van der Waals surface area contributed by atoms with E-state index < -0.39 is 12.0 Å². The van der Waals surface area contributed by atoms with Gasteiger partial charge < -0.3 is 10.2 Å². The molecule has 0 saturated heterocycles. The topological polar surface area (TPSA) is 69.6 Å².